The van der Waals surface area contributed by atoms with E-state index in [2.05, 4.69) is 4.74 Å². The van der Waals surface area contributed by atoms with E-state index in [4.69, 9.17) is 4.74 Å². The van der Waals surface area contributed by atoms with Gasteiger partial charge in [-0.05, 0) is 13.0 Å². The van der Waals surface area contributed by atoms with Crippen LogP contribution in [0.2, 0.25) is 0 Å². The van der Waals surface area contributed by atoms with Crippen LogP contribution in [0.4, 0.5) is 14.5 Å². The molecular weight excluding hydrogens is 264 g/mol. The molecule has 0 aliphatic carbocycles. The van der Waals surface area contributed by atoms with E-state index in [0.717, 1.165) is 0 Å². The summed E-state index contributed by atoms with van der Waals surface area (Å²) in [5.41, 5.74) is -1.49. The molecule has 0 heterocycles. The molecule has 0 aromatic heterocycles. The third-order valence-corrected chi connectivity index (χ3v) is 2.12. The van der Waals surface area contributed by atoms with Crippen LogP contribution in [-0.4, -0.2) is 30.7 Å². The van der Waals surface area contributed by atoms with Crippen LogP contribution in [0.25, 0.3) is 0 Å². The summed E-state index contributed by atoms with van der Waals surface area (Å²) in [5.74, 6) is -3.87. The van der Waals surface area contributed by atoms with Crippen molar-refractivity contribution in [2.24, 2.45) is 0 Å². The normalized spacial score (nSPS) is 10.3. The van der Waals surface area contributed by atoms with Crippen LogP contribution in [0.1, 0.15) is 17.3 Å². The smallest absolute Gasteiger partial charge is 0.345 e. The number of esters is 1. The topological polar surface area (TPSA) is 78.7 Å². The van der Waals surface area contributed by atoms with Crippen LogP contribution in [0, 0.1) is 21.7 Å². The first-order valence-electron chi connectivity index (χ1n) is 5.35. The summed E-state index contributed by atoms with van der Waals surface area (Å²) in [6.07, 6.45) is 0. The zero-order valence-electron chi connectivity index (χ0n) is 10.0. The molecule has 1 aromatic carbocycles. The summed E-state index contributed by atoms with van der Waals surface area (Å²) >= 11 is 0. The molecule has 8 heteroatoms. The minimum Gasteiger partial charge on any atom is -0.459 e. The number of halogens is 2. The summed E-state index contributed by atoms with van der Waals surface area (Å²) in [7, 11) is 0. The maximum absolute atomic E-state index is 13.0. The highest BCUT2D eigenvalue weighted by Gasteiger charge is 2.24. The molecule has 1 rings (SSSR count). The van der Waals surface area contributed by atoms with Gasteiger partial charge in [-0.1, -0.05) is 0 Å². The molecule has 0 unspecified atom stereocenters. The maximum atomic E-state index is 13.0. The monoisotopic (exact) mass is 275 g/mol. The number of nitro groups is 1. The number of rotatable bonds is 6. The minimum atomic E-state index is -1.41. The molecule has 0 atom stereocenters. The van der Waals surface area contributed by atoms with Gasteiger partial charge in [0.1, 0.15) is 12.2 Å². The fraction of sp³-hybridized carbons (Fsp3) is 0.364. The Balaban J connectivity index is 2.89. The lowest BCUT2D eigenvalue weighted by Crippen LogP contribution is -2.13. The number of hydrogen-bond acceptors (Lipinski definition) is 5. The average molecular weight is 275 g/mol. The van der Waals surface area contributed by atoms with E-state index in [1.165, 1.54) is 0 Å². The molecule has 0 fully saturated rings. The van der Waals surface area contributed by atoms with Crippen LogP contribution in [0.3, 0.4) is 0 Å². The predicted octanol–water partition coefficient (Wildman–Crippen LogP) is 2.07. The number of nitro benzene ring substituents is 1. The van der Waals surface area contributed by atoms with Gasteiger partial charge >= 0.3 is 5.97 Å². The number of nitrogens with zero attached hydrogens (tertiary/aromatic N) is 1. The number of benzene rings is 1. The summed E-state index contributed by atoms with van der Waals surface area (Å²) in [6, 6.07) is 0.783. The number of ether oxygens (including phenoxy) is 2. The molecule has 19 heavy (non-hydrogen) atoms. The lowest BCUT2D eigenvalue weighted by atomic mass is 10.1. The van der Waals surface area contributed by atoms with Gasteiger partial charge in [0, 0.05) is 6.61 Å². The third-order valence-electron chi connectivity index (χ3n) is 2.12. The largest absolute Gasteiger partial charge is 0.459 e. The van der Waals surface area contributed by atoms with Crippen LogP contribution >= 0.6 is 0 Å². The van der Waals surface area contributed by atoms with Gasteiger partial charge in [0.2, 0.25) is 0 Å². The van der Waals surface area contributed by atoms with E-state index in [1.807, 2.05) is 0 Å². The van der Waals surface area contributed by atoms with Crippen molar-refractivity contribution < 1.29 is 28.0 Å². The molecule has 0 bridgehead atoms. The Hall–Kier alpha value is -2.09. The Morgan fingerprint density at radius 3 is 2.53 bits per heavy atom. The zero-order valence-corrected chi connectivity index (χ0v) is 10.0. The summed E-state index contributed by atoms with van der Waals surface area (Å²) in [5, 5.41) is 10.6. The molecule has 0 amide bonds. The van der Waals surface area contributed by atoms with Crippen molar-refractivity contribution in [3.8, 4) is 0 Å². The van der Waals surface area contributed by atoms with Crippen molar-refractivity contribution in [3.63, 3.8) is 0 Å². The van der Waals surface area contributed by atoms with Crippen LogP contribution in [0.5, 0.6) is 0 Å². The van der Waals surface area contributed by atoms with Crippen molar-refractivity contribution in [1.29, 1.82) is 0 Å². The highest BCUT2D eigenvalue weighted by Crippen LogP contribution is 2.22. The van der Waals surface area contributed by atoms with Crippen molar-refractivity contribution in [3.05, 3.63) is 39.4 Å². The van der Waals surface area contributed by atoms with Gasteiger partial charge in [-0.3, -0.25) is 10.1 Å². The second-order valence-corrected chi connectivity index (χ2v) is 3.37. The summed E-state index contributed by atoms with van der Waals surface area (Å²) < 4.78 is 35.4. The van der Waals surface area contributed by atoms with Crippen LogP contribution in [-0.2, 0) is 9.47 Å². The number of carbonyl (C=O) groups excluding carboxylic acids is 1. The van der Waals surface area contributed by atoms with Gasteiger partial charge < -0.3 is 9.47 Å². The summed E-state index contributed by atoms with van der Waals surface area (Å²) in [4.78, 5) is 21.2. The van der Waals surface area contributed by atoms with Crippen LogP contribution in [0.15, 0.2) is 12.1 Å². The molecule has 104 valence electrons. The minimum absolute atomic E-state index is 0.111. The highest BCUT2D eigenvalue weighted by atomic mass is 19.2. The van der Waals surface area contributed by atoms with Gasteiger partial charge in [-0.2, -0.15) is 0 Å². The first-order chi connectivity index (χ1) is 8.97. The second-order valence-electron chi connectivity index (χ2n) is 3.37. The Morgan fingerprint density at radius 2 is 1.95 bits per heavy atom. The Bertz CT molecular complexity index is 492. The fourth-order valence-corrected chi connectivity index (χ4v) is 1.27. The summed E-state index contributed by atoms with van der Waals surface area (Å²) in [6.45, 7) is 2.13. The van der Waals surface area contributed by atoms with E-state index in [0.29, 0.717) is 18.7 Å². The lowest BCUT2D eigenvalue weighted by molar-refractivity contribution is -0.385. The Kier molecular flexibility index (Phi) is 5.31. The maximum Gasteiger partial charge on any atom is 0.345 e. The molecule has 0 aliphatic rings. The standard InChI is InChI=1S/C11H11F2NO5/c1-2-18-3-4-19-11(15)7-5-8(12)9(13)6-10(7)14(16)17/h5-6H,2-4H2,1H3. The van der Waals surface area contributed by atoms with Gasteiger partial charge in [0.05, 0.1) is 17.6 Å². The molecule has 1 aromatic rings. The van der Waals surface area contributed by atoms with Crippen LogP contribution < -0.4 is 0 Å². The molecule has 0 saturated heterocycles. The van der Waals surface area contributed by atoms with E-state index in [9.17, 15) is 23.7 Å². The van der Waals surface area contributed by atoms with E-state index < -0.39 is 33.8 Å². The molecule has 0 N–H and O–H groups in total. The van der Waals surface area contributed by atoms with Gasteiger partial charge in [-0.15, -0.1) is 0 Å². The second kappa shape index (κ2) is 6.74. The van der Waals surface area contributed by atoms with E-state index in [1.54, 1.807) is 6.92 Å². The SMILES string of the molecule is CCOCCOC(=O)c1cc(F)c(F)cc1[N+](=O)[O-]. The van der Waals surface area contributed by atoms with Crippen molar-refractivity contribution in [2.75, 3.05) is 19.8 Å². The zero-order chi connectivity index (χ0) is 14.4. The van der Waals surface area contributed by atoms with E-state index in [-0.39, 0.29) is 13.2 Å². The van der Waals surface area contributed by atoms with Gasteiger partial charge in [-0.25, -0.2) is 13.6 Å². The number of hydrogen-bond donors (Lipinski definition) is 0. The van der Waals surface area contributed by atoms with Crippen molar-refractivity contribution in [2.45, 2.75) is 6.92 Å². The molecule has 0 aliphatic heterocycles. The van der Waals surface area contributed by atoms with Gasteiger partial charge in [0.15, 0.2) is 11.6 Å². The van der Waals surface area contributed by atoms with E-state index >= 15 is 0 Å². The molecule has 0 radical (unpaired) electrons. The third kappa shape index (κ3) is 3.95. The first kappa shape index (κ1) is 15.0. The molecule has 0 saturated carbocycles. The van der Waals surface area contributed by atoms with Gasteiger partial charge in [0.25, 0.3) is 5.69 Å². The first-order valence-corrected chi connectivity index (χ1v) is 5.35. The highest BCUT2D eigenvalue weighted by molar-refractivity contribution is 5.93. The molecule has 0 spiro atoms. The fourth-order valence-electron chi connectivity index (χ4n) is 1.27. The van der Waals surface area contributed by atoms with Crippen molar-refractivity contribution in [1.82, 2.24) is 0 Å². The predicted molar refractivity (Wildman–Crippen MR) is 59.8 cm³/mol. The number of carbonyl (C=O) groups is 1. The molecule has 6 nitrogen and oxygen atoms in total. The lowest BCUT2D eigenvalue weighted by Gasteiger charge is -2.06. The Morgan fingerprint density at radius 1 is 1.32 bits per heavy atom. The quantitative estimate of drug-likeness (QED) is 0.343. The average Bonchev–Trinajstić information content (AvgIpc) is 2.36. The van der Waals surface area contributed by atoms with Crippen molar-refractivity contribution >= 4 is 11.7 Å². The Labute approximate surface area is 107 Å². The molecular formula is C11H11F2NO5.